The Balaban J connectivity index is 1.89. The number of benzene rings is 1. The first-order valence-corrected chi connectivity index (χ1v) is 9.90. The third-order valence-electron chi connectivity index (χ3n) is 4.86. The van der Waals surface area contributed by atoms with E-state index in [4.69, 9.17) is 0 Å². The number of carbonyl (C=O) groups excluding carboxylic acids is 2. The second-order valence-electron chi connectivity index (χ2n) is 6.77. The molecule has 2 amide bonds. The zero-order valence-electron chi connectivity index (χ0n) is 14.7. The van der Waals surface area contributed by atoms with Crippen LogP contribution in [0.5, 0.6) is 0 Å². The lowest BCUT2D eigenvalue weighted by Crippen LogP contribution is -2.44. The molecule has 0 aromatic heterocycles. The number of carbonyl (C=O) groups is 2. The molecule has 0 unspecified atom stereocenters. The number of sulfonamides is 1. The van der Waals surface area contributed by atoms with Gasteiger partial charge in [0.1, 0.15) is 4.90 Å². The molecule has 0 saturated carbocycles. The molecule has 3 rings (SSSR count). The van der Waals surface area contributed by atoms with E-state index in [1.807, 2.05) is 7.05 Å². The van der Waals surface area contributed by atoms with Gasteiger partial charge in [-0.1, -0.05) is 0 Å². The molecule has 25 heavy (non-hydrogen) atoms. The van der Waals surface area contributed by atoms with Crippen LogP contribution in [0.25, 0.3) is 0 Å². The maximum Gasteiger partial charge on any atom is 0.269 e. The predicted octanol–water partition coefficient (Wildman–Crippen LogP) is 1.06. The van der Waals surface area contributed by atoms with Crippen molar-refractivity contribution in [2.75, 3.05) is 20.1 Å². The molecule has 8 heteroatoms. The van der Waals surface area contributed by atoms with Crippen LogP contribution in [-0.2, 0) is 10.0 Å². The van der Waals surface area contributed by atoms with Crippen LogP contribution >= 0.6 is 0 Å². The van der Waals surface area contributed by atoms with Crippen LogP contribution in [0.2, 0.25) is 0 Å². The maximum absolute atomic E-state index is 12.7. The van der Waals surface area contributed by atoms with Crippen molar-refractivity contribution in [2.24, 2.45) is 0 Å². The van der Waals surface area contributed by atoms with E-state index in [0.717, 1.165) is 17.1 Å². The zero-order valence-corrected chi connectivity index (χ0v) is 15.5. The number of amides is 2. The highest BCUT2D eigenvalue weighted by molar-refractivity contribution is 7.90. The third-order valence-corrected chi connectivity index (χ3v) is 6.85. The van der Waals surface area contributed by atoms with E-state index in [2.05, 4.69) is 5.32 Å². The molecule has 2 aliphatic heterocycles. The van der Waals surface area contributed by atoms with Gasteiger partial charge in [-0.15, -0.1) is 0 Å². The van der Waals surface area contributed by atoms with Gasteiger partial charge in [-0.3, -0.25) is 9.59 Å². The summed E-state index contributed by atoms with van der Waals surface area (Å²) in [6, 6.07) is 4.27. The highest BCUT2D eigenvalue weighted by Gasteiger charge is 2.43. The average Bonchev–Trinajstić information content (AvgIpc) is 2.80. The molecule has 0 radical (unpaired) electrons. The molecule has 2 heterocycles. The topological polar surface area (TPSA) is 86.8 Å². The van der Waals surface area contributed by atoms with Gasteiger partial charge in [-0.05, 0) is 51.9 Å². The Morgan fingerprint density at radius 3 is 2.44 bits per heavy atom. The Hall–Kier alpha value is -1.93. The molecule has 0 bridgehead atoms. The van der Waals surface area contributed by atoms with Gasteiger partial charge in [0.25, 0.3) is 21.8 Å². The van der Waals surface area contributed by atoms with Crippen molar-refractivity contribution in [3.63, 3.8) is 0 Å². The van der Waals surface area contributed by atoms with Crippen LogP contribution in [-0.4, -0.2) is 61.7 Å². The summed E-state index contributed by atoms with van der Waals surface area (Å²) >= 11 is 0. The second kappa shape index (κ2) is 6.42. The number of piperidine rings is 1. The number of fused-ring (bicyclic) bond motifs is 1. The van der Waals surface area contributed by atoms with Gasteiger partial charge in [0.05, 0.1) is 5.56 Å². The van der Waals surface area contributed by atoms with Crippen LogP contribution in [0.4, 0.5) is 0 Å². The van der Waals surface area contributed by atoms with Gasteiger partial charge in [-0.25, -0.2) is 12.7 Å². The predicted molar refractivity (Wildman–Crippen MR) is 92.9 cm³/mol. The summed E-state index contributed by atoms with van der Waals surface area (Å²) < 4.78 is 26.2. The molecule has 0 aliphatic carbocycles. The third kappa shape index (κ3) is 2.93. The van der Waals surface area contributed by atoms with E-state index in [1.165, 1.54) is 12.1 Å². The van der Waals surface area contributed by atoms with Gasteiger partial charge in [0, 0.05) is 30.7 Å². The lowest BCUT2D eigenvalue weighted by atomic mass is 10.0. The summed E-state index contributed by atoms with van der Waals surface area (Å²) in [5.74, 6) is -0.721. The Morgan fingerprint density at radius 2 is 1.88 bits per heavy atom. The number of rotatable bonds is 3. The van der Waals surface area contributed by atoms with Crippen LogP contribution in [0.1, 0.15) is 47.4 Å². The largest absolute Gasteiger partial charge is 0.339 e. The van der Waals surface area contributed by atoms with Gasteiger partial charge in [0.15, 0.2) is 0 Å². The fraction of sp³-hybridized carbons (Fsp3) is 0.529. The van der Waals surface area contributed by atoms with Crippen molar-refractivity contribution in [1.82, 2.24) is 14.5 Å². The summed E-state index contributed by atoms with van der Waals surface area (Å²) in [6.07, 6.45) is 1.73. The van der Waals surface area contributed by atoms with Crippen molar-refractivity contribution < 1.29 is 18.0 Å². The smallest absolute Gasteiger partial charge is 0.269 e. The van der Waals surface area contributed by atoms with Crippen molar-refractivity contribution in [1.29, 1.82) is 0 Å². The standard InChI is InChI=1S/C17H23N3O4S/c1-11(2)20-17(22)14-5-4-12(10-15(14)25(20,23)24)16(21)19-8-6-13(18-3)7-9-19/h4-5,10-11,13,18H,6-9H2,1-3H3. The minimum atomic E-state index is -3.89. The maximum atomic E-state index is 12.7. The van der Waals surface area contributed by atoms with Crippen molar-refractivity contribution in [3.8, 4) is 0 Å². The van der Waals surface area contributed by atoms with E-state index in [0.29, 0.717) is 24.7 Å². The molecule has 1 N–H and O–H groups in total. The average molecular weight is 365 g/mol. The number of nitrogens with zero attached hydrogens (tertiary/aromatic N) is 2. The lowest BCUT2D eigenvalue weighted by molar-refractivity contribution is 0.0706. The summed E-state index contributed by atoms with van der Waals surface area (Å²) in [4.78, 5) is 26.7. The van der Waals surface area contributed by atoms with Gasteiger partial charge < -0.3 is 10.2 Å². The minimum Gasteiger partial charge on any atom is -0.339 e. The molecular formula is C17H23N3O4S. The van der Waals surface area contributed by atoms with Crippen LogP contribution in [0.3, 0.4) is 0 Å². The molecule has 2 aliphatic rings. The van der Waals surface area contributed by atoms with Crippen molar-refractivity contribution >= 4 is 21.8 Å². The number of hydrogen-bond acceptors (Lipinski definition) is 5. The van der Waals surface area contributed by atoms with E-state index < -0.39 is 22.0 Å². The minimum absolute atomic E-state index is 0.0674. The quantitative estimate of drug-likeness (QED) is 0.866. The van der Waals surface area contributed by atoms with Gasteiger partial charge in [0.2, 0.25) is 0 Å². The highest BCUT2D eigenvalue weighted by atomic mass is 32.2. The summed E-state index contributed by atoms with van der Waals surface area (Å²) in [7, 11) is -1.98. The Labute approximate surface area is 148 Å². The lowest BCUT2D eigenvalue weighted by Gasteiger charge is -2.31. The fourth-order valence-electron chi connectivity index (χ4n) is 3.45. The van der Waals surface area contributed by atoms with Crippen LogP contribution < -0.4 is 5.32 Å². The van der Waals surface area contributed by atoms with E-state index >= 15 is 0 Å². The molecule has 1 aromatic rings. The fourth-order valence-corrected chi connectivity index (χ4v) is 5.24. The molecule has 1 saturated heterocycles. The first-order valence-electron chi connectivity index (χ1n) is 8.46. The SMILES string of the molecule is CNC1CCN(C(=O)c2ccc3c(c2)S(=O)(=O)N(C(C)C)C3=O)CC1. The molecule has 7 nitrogen and oxygen atoms in total. The van der Waals surface area contributed by atoms with E-state index in [1.54, 1.807) is 24.8 Å². The van der Waals surface area contributed by atoms with Gasteiger partial charge in [-0.2, -0.15) is 0 Å². The first-order chi connectivity index (χ1) is 11.8. The molecular weight excluding hydrogens is 342 g/mol. The molecule has 136 valence electrons. The molecule has 0 atom stereocenters. The number of nitrogens with one attached hydrogen (secondary N) is 1. The normalized spacial score (nSPS) is 20.2. The van der Waals surface area contributed by atoms with Crippen molar-refractivity contribution in [3.05, 3.63) is 29.3 Å². The van der Waals surface area contributed by atoms with E-state index in [9.17, 15) is 18.0 Å². The number of likely N-dealkylation sites (tertiary alicyclic amines) is 1. The van der Waals surface area contributed by atoms with Gasteiger partial charge >= 0.3 is 0 Å². The van der Waals surface area contributed by atoms with Crippen LogP contribution in [0.15, 0.2) is 23.1 Å². The highest BCUT2D eigenvalue weighted by Crippen LogP contribution is 2.33. The second-order valence-corrected chi connectivity index (χ2v) is 8.55. The molecule has 1 aromatic carbocycles. The van der Waals surface area contributed by atoms with Crippen LogP contribution in [0, 0.1) is 0 Å². The van der Waals surface area contributed by atoms with Crippen molar-refractivity contribution in [2.45, 2.75) is 43.7 Å². The monoisotopic (exact) mass is 365 g/mol. The first kappa shape index (κ1) is 17.9. The zero-order chi connectivity index (χ0) is 18.4. The summed E-state index contributed by atoms with van der Waals surface area (Å²) in [5, 5.41) is 3.21. The number of hydrogen-bond donors (Lipinski definition) is 1. The summed E-state index contributed by atoms with van der Waals surface area (Å²) in [6.45, 7) is 4.56. The van der Waals surface area contributed by atoms with E-state index in [-0.39, 0.29) is 16.4 Å². The Kier molecular flexibility index (Phi) is 4.59. The molecule has 0 spiro atoms. The summed E-state index contributed by atoms with van der Waals surface area (Å²) in [5.41, 5.74) is 0.447. The Morgan fingerprint density at radius 1 is 1.24 bits per heavy atom. The molecule has 1 fully saturated rings. The Bertz CT molecular complexity index is 811.